The molecule has 0 atom stereocenters. The lowest BCUT2D eigenvalue weighted by atomic mass is 10.1. The highest BCUT2D eigenvalue weighted by Gasteiger charge is 2.20. The van der Waals surface area contributed by atoms with Gasteiger partial charge < -0.3 is 20.0 Å². The summed E-state index contributed by atoms with van der Waals surface area (Å²) in [6.45, 7) is 5.86. The third-order valence-electron chi connectivity index (χ3n) is 4.58. The van der Waals surface area contributed by atoms with E-state index in [1.807, 2.05) is 18.4 Å². The van der Waals surface area contributed by atoms with Crippen molar-refractivity contribution in [2.75, 3.05) is 52.2 Å². The molecule has 0 bridgehead atoms. The minimum absolute atomic E-state index is 0.806. The summed E-state index contributed by atoms with van der Waals surface area (Å²) in [5.74, 6) is 0.994. The highest BCUT2D eigenvalue weighted by molar-refractivity contribution is 7.14. The summed E-state index contributed by atoms with van der Waals surface area (Å²) in [5.41, 5.74) is 2.62. The Kier molecular flexibility index (Phi) is 6.52. The van der Waals surface area contributed by atoms with Crippen LogP contribution in [-0.2, 0) is 13.1 Å². The number of hydrogen-bond donors (Lipinski definition) is 1. The molecule has 1 fully saturated rings. The number of thiophene rings is 1. The molecule has 0 radical (unpaired) electrons. The van der Waals surface area contributed by atoms with E-state index in [1.54, 1.807) is 0 Å². The van der Waals surface area contributed by atoms with Crippen molar-refractivity contribution in [3.8, 4) is 0 Å². The van der Waals surface area contributed by atoms with E-state index in [4.69, 9.17) is 0 Å². The molecule has 2 aromatic rings. The Bertz CT molecular complexity index is 686. The Hall–Kier alpha value is -2.05. The molecule has 0 aliphatic carbocycles. The second kappa shape index (κ2) is 9.05. The predicted octanol–water partition coefficient (Wildman–Crippen LogP) is 2.71. The molecule has 1 aromatic carbocycles. The number of piperazine rings is 1. The van der Waals surface area contributed by atoms with Gasteiger partial charge in [0.15, 0.2) is 5.96 Å². The van der Waals surface area contributed by atoms with Gasteiger partial charge in [-0.05, 0) is 42.7 Å². The lowest BCUT2D eigenvalue weighted by molar-refractivity contribution is 0.373. The van der Waals surface area contributed by atoms with Crippen LogP contribution in [0.25, 0.3) is 0 Å². The quantitative estimate of drug-likeness (QED) is 0.647. The summed E-state index contributed by atoms with van der Waals surface area (Å²) >= 11 is 1.82. The molecule has 0 spiro atoms. The van der Waals surface area contributed by atoms with Crippen LogP contribution in [0.2, 0.25) is 0 Å². The summed E-state index contributed by atoms with van der Waals surface area (Å²) in [6, 6.07) is 13.1. The molecule has 1 N–H and O–H groups in total. The normalized spacial score (nSPS) is 15.6. The lowest BCUT2D eigenvalue weighted by Crippen LogP contribution is -2.52. The van der Waals surface area contributed by atoms with Gasteiger partial charge in [0.25, 0.3) is 0 Å². The third kappa shape index (κ3) is 4.99. The highest BCUT2D eigenvalue weighted by Crippen LogP contribution is 2.22. The number of guanidine groups is 1. The first-order valence-corrected chi connectivity index (χ1v) is 10.0. The zero-order valence-electron chi connectivity index (χ0n) is 16.0. The fraction of sp³-hybridized carbons (Fsp3) is 0.450. The van der Waals surface area contributed by atoms with Crippen LogP contribution in [0.5, 0.6) is 0 Å². The Morgan fingerprint density at radius 2 is 1.77 bits per heavy atom. The molecule has 1 aromatic heterocycles. The highest BCUT2D eigenvalue weighted by atomic mass is 32.1. The van der Waals surface area contributed by atoms with Gasteiger partial charge in [-0.3, -0.25) is 4.99 Å². The van der Waals surface area contributed by atoms with Gasteiger partial charge in [-0.25, -0.2) is 0 Å². The SMILES string of the molecule is CN=C(NCc1ccc(CN(C)C)cc1)N1CCN(c2cccs2)CC1. The summed E-state index contributed by atoms with van der Waals surface area (Å²) in [5, 5.41) is 7.03. The molecule has 0 saturated carbocycles. The van der Waals surface area contributed by atoms with E-state index in [0.29, 0.717) is 0 Å². The van der Waals surface area contributed by atoms with Crippen LogP contribution in [0, 0.1) is 0 Å². The van der Waals surface area contributed by atoms with E-state index in [9.17, 15) is 0 Å². The maximum absolute atomic E-state index is 4.48. The van der Waals surface area contributed by atoms with E-state index < -0.39 is 0 Å². The van der Waals surface area contributed by atoms with Crippen molar-refractivity contribution in [2.45, 2.75) is 13.1 Å². The van der Waals surface area contributed by atoms with Crippen LogP contribution in [0.15, 0.2) is 46.8 Å². The minimum atomic E-state index is 0.806. The zero-order valence-corrected chi connectivity index (χ0v) is 16.8. The van der Waals surface area contributed by atoms with E-state index >= 15 is 0 Å². The smallest absolute Gasteiger partial charge is 0.194 e. The maximum atomic E-state index is 4.48. The molecule has 26 heavy (non-hydrogen) atoms. The molecule has 2 heterocycles. The number of rotatable bonds is 5. The Morgan fingerprint density at radius 1 is 1.08 bits per heavy atom. The Balaban J connectivity index is 1.49. The van der Waals surface area contributed by atoms with Gasteiger partial charge in [0, 0.05) is 46.3 Å². The second-order valence-corrected chi connectivity index (χ2v) is 7.81. The second-order valence-electron chi connectivity index (χ2n) is 6.88. The molecule has 0 amide bonds. The van der Waals surface area contributed by atoms with E-state index in [2.05, 4.69) is 80.9 Å². The minimum Gasteiger partial charge on any atom is -0.360 e. The van der Waals surface area contributed by atoms with Crippen molar-refractivity contribution in [1.29, 1.82) is 0 Å². The molecule has 3 rings (SSSR count). The number of nitrogens with zero attached hydrogens (tertiary/aromatic N) is 4. The first-order valence-electron chi connectivity index (χ1n) is 9.12. The van der Waals surface area contributed by atoms with Crippen molar-refractivity contribution in [2.24, 2.45) is 4.99 Å². The van der Waals surface area contributed by atoms with Gasteiger partial charge in [0.2, 0.25) is 0 Å². The molecule has 1 aliphatic rings. The van der Waals surface area contributed by atoms with Gasteiger partial charge in [-0.15, -0.1) is 11.3 Å². The van der Waals surface area contributed by atoms with Crippen molar-refractivity contribution in [3.05, 3.63) is 52.9 Å². The maximum Gasteiger partial charge on any atom is 0.194 e. The first-order chi connectivity index (χ1) is 12.7. The average molecular weight is 372 g/mol. The van der Waals surface area contributed by atoms with Crippen LogP contribution in [0.3, 0.4) is 0 Å². The number of benzene rings is 1. The standard InChI is InChI=1S/C20H29N5S/c1-21-20(22-15-17-6-8-18(9-7-17)16-23(2)3)25-12-10-24(11-13-25)19-5-4-14-26-19/h4-9,14H,10-13,15-16H2,1-3H3,(H,21,22). The van der Waals surface area contributed by atoms with Crippen molar-refractivity contribution >= 4 is 22.3 Å². The third-order valence-corrected chi connectivity index (χ3v) is 5.51. The van der Waals surface area contributed by atoms with Crippen molar-refractivity contribution < 1.29 is 0 Å². The Morgan fingerprint density at radius 3 is 2.35 bits per heavy atom. The first kappa shape index (κ1) is 18.7. The predicted molar refractivity (Wildman–Crippen MR) is 112 cm³/mol. The van der Waals surface area contributed by atoms with Crippen LogP contribution >= 0.6 is 11.3 Å². The number of nitrogens with one attached hydrogen (secondary N) is 1. The van der Waals surface area contributed by atoms with E-state index in [0.717, 1.165) is 45.2 Å². The molecule has 1 saturated heterocycles. The summed E-state index contributed by atoms with van der Waals surface area (Å²) in [7, 11) is 6.06. The monoisotopic (exact) mass is 371 g/mol. The van der Waals surface area contributed by atoms with Gasteiger partial charge in [-0.2, -0.15) is 0 Å². The van der Waals surface area contributed by atoms with Crippen molar-refractivity contribution in [3.63, 3.8) is 0 Å². The largest absolute Gasteiger partial charge is 0.360 e. The van der Waals surface area contributed by atoms with Crippen LogP contribution in [0.1, 0.15) is 11.1 Å². The molecule has 0 unspecified atom stereocenters. The number of anilines is 1. The summed E-state index contributed by atoms with van der Waals surface area (Å²) in [4.78, 5) is 11.5. The lowest BCUT2D eigenvalue weighted by Gasteiger charge is -2.37. The molecule has 140 valence electrons. The molecule has 5 nitrogen and oxygen atoms in total. The fourth-order valence-electron chi connectivity index (χ4n) is 3.23. The zero-order chi connectivity index (χ0) is 18.4. The number of aliphatic imine (C=N–C) groups is 1. The molecule has 6 heteroatoms. The van der Waals surface area contributed by atoms with Gasteiger partial charge >= 0.3 is 0 Å². The average Bonchev–Trinajstić information content (AvgIpc) is 3.18. The van der Waals surface area contributed by atoms with Crippen LogP contribution < -0.4 is 10.2 Å². The van der Waals surface area contributed by atoms with Crippen molar-refractivity contribution in [1.82, 2.24) is 15.1 Å². The van der Waals surface area contributed by atoms with Crippen LogP contribution in [-0.4, -0.2) is 63.1 Å². The topological polar surface area (TPSA) is 34.1 Å². The molecular weight excluding hydrogens is 342 g/mol. The molecule has 1 aliphatic heterocycles. The van der Waals surface area contributed by atoms with E-state index in [-0.39, 0.29) is 0 Å². The van der Waals surface area contributed by atoms with E-state index in [1.165, 1.54) is 16.1 Å². The molecular formula is C20H29N5S. The summed E-state index contributed by atoms with van der Waals surface area (Å²) < 4.78 is 0. The Labute approximate surface area is 160 Å². The van der Waals surface area contributed by atoms with Crippen LogP contribution in [0.4, 0.5) is 5.00 Å². The summed E-state index contributed by atoms with van der Waals surface area (Å²) in [6.07, 6.45) is 0. The van der Waals surface area contributed by atoms with Gasteiger partial charge in [0.05, 0.1) is 5.00 Å². The van der Waals surface area contributed by atoms with Gasteiger partial charge in [-0.1, -0.05) is 24.3 Å². The number of hydrogen-bond acceptors (Lipinski definition) is 4. The van der Waals surface area contributed by atoms with Gasteiger partial charge in [0.1, 0.15) is 0 Å². The fourth-order valence-corrected chi connectivity index (χ4v) is 4.01.